The van der Waals surface area contributed by atoms with Gasteiger partial charge in [-0.25, -0.2) is 0 Å². The van der Waals surface area contributed by atoms with Crippen molar-refractivity contribution >= 4 is 17.6 Å². The molecule has 0 radical (unpaired) electrons. The molecule has 2 atom stereocenters. The van der Waals surface area contributed by atoms with Crippen molar-refractivity contribution in [2.75, 3.05) is 32.8 Å². The molecule has 6 nitrogen and oxygen atoms in total. The van der Waals surface area contributed by atoms with E-state index in [4.69, 9.17) is 21.1 Å². The van der Waals surface area contributed by atoms with Gasteiger partial charge < -0.3 is 25.2 Å². The van der Waals surface area contributed by atoms with E-state index in [1.165, 1.54) is 12.8 Å². The quantitative estimate of drug-likeness (QED) is 0.373. The third-order valence-electron chi connectivity index (χ3n) is 4.25. The van der Waals surface area contributed by atoms with Gasteiger partial charge in [-0.15, -0.1) is 0 Å². The number of guanidine groups is 1. The maximum absolute atomic E-state index is 10.0. The minimum atomic E-state index is -0.597. The molecule has 1 aromatic carbocycles. The topological polar surface area (TPSA) is 75.1 Å². The van der Waals surface area contributed by atoms with Gasteiger partial charge in [0.1, 0.15) is 11.9 Å². The minimum absolute atomic E-state index is 0.0412. The number of aliphatic hydroxyl groups excluding tert-OH is 1. The number of hydrogen-bond acceptors (Lipinski definition) is 4. The van der Waals surface area contributed by atoms with Crippen LogP contribution in [-0.2, 0) is 4.74 Å². The van der Waals surface area contributed by atoms with Gasteiger partial charge in [0.25, 0.3) is 0 Å². The number of benzene rings is 1. The van der Waals surface area contributed by atoms with Crippen molar-refractivity contribution in [3.63, 3.8) is 0 Å². The molecule has 0 amide bonds. The average molecular weight is 398 g/mol. The van der Waals surface area contributed by atoms with Crippen LogP contribution in [0.3, 0.4) is 0 Å². The molecule has 0 saturated heterocycles. The molecule has 0 bridgehead atoms. The summed E-state index contributed by atoms with van der Waals surface area (Å²) in [5.74, 6) is 2.03. The first kappa shape index (κ1) is 21.8. The van der Waals surface area contributed by atoms with Crippen molar-refractivity contribution in [2.45, 2.75) is 45.3 Å². The maximum Gasteiger partial charge on any atom is 0.191 e. The number of nitrogens with one attached hydrogen (secondary N) is 2. The van der Waals surface area contributed by atoms with Gasteiger partial charge in [-0.3, -0.25) is 4.99 Å². The van der Waals surface area contributed by atoms with Gasteiger partial charge in [0.2, 0.25) is 0 Å². The van der Waals surface area contributed by atoms with Crippen molar-refractivity contribution in [3.05, 3.63) is 29.3 Å². The monoisotopic (exact) mass is 397 g/mol. The molecule has 0 spiro atoms. The largest absolute Gasteiger partial charge is 0.487 e. The Morgan fingerprint density at radius 1 is 1.30 bits per heavy atom. The highest BCUT2D eigenvalue weighted by Gasteiger charge is 2.21. The van der Waals surface area contributed by atoms with E-state index in [0.29, 0.717) is 42.3 Å². The van der Waals surface area contributed by atoms with Gasteiger partial charge in [-0.05, 0) is 44.2 Å². The number of halogens is 1. The molecule has 1 fully saturated rings. The normalized spacial score (nSPS) is 16.7. The first-order valence-corrected chi connectivity index (χ1v) is 10.2. The summed E-state index contributed by atoms with van der Waals surface area (Å²) in [7, 11) is 0. The Morgan fingerprint density at radius 3 is 2.74 bits per heavy atom. The average Bonchev–Trinajstić information content (AvgIpc) is 3.48. The molecule has 27 heavy (non-hydrogen) atoms. The predicted molar refractivity (Wildman–Crippen MR) is 110 cm³/mol. The predicted octanol–water partition coefficient (Wildman–Crippen LogP) is 2.84. The van der Waals surface area contributed by atoms with E-state index in [2.05, 4.69) is 22.5 Å². The van der Waals surface area contributed by atoms with Crippen LogP contribution in [0, 0.1) is 5.92 Å². The molecule has 2 unspecified atom stereocenters. The number of aliphatic imine (C=N–C) groups is 1. The molecule has 3 N–H and O–H groups in total. The lowest BCUT2D eigenvalue weighted by Gasteiger charge is -2.20. The Morgan fingerprint density at radius 2 is 2.07 bits per heavy atom. The lowest BCUT2D eigenvalue weighted by Crippen LogP contribution is -2.43. The number of nitrogens with zero attached hydrogens (tertiary/aromatic N) is 1. The van der Waals surface area contributed by atoms with Crippen molar-refractivity contribution in [2.24, 2.45) is 10.9 Å². The van der Waals surface area contributed by atoms with Crippen LogP contribution < -0.4 is 15.4 Å². The smallest absolute Gasteiger partial charge is 0.191 e. The molecular weight excluding hydrogens is 366 g/mol. The standard InChI is InChI=1S/C20H32ClN3O3/c1-3-17(27-19-8-6-5-7-18(19)21)12-24-20(22-4-2)23-11-16(25)14-26-13-15-9-10-15/h5-8,15-17,25H,3-4,9-14H2,1-2H3,(H2,22,23,24). The second-order valence-electron chi connectivity index (χ2n) is 6.81. The van der Waals surface area contributed by atoms with E-state index < -0.39 is 6.10 Å². The fourth-order valence-corrected chi connectivity index (χ4v) is 2.63. The van der Waals surface area contributed by atoms with Crippen LogP contribution in [-0.4, -0.2) is 56.1 Å². The van der Waals surface area contributed by atoms with E-state index in [0.717, 1.165) is 19.6 Å². The minimum Gasteiger partial charge on any atom is -0.487 e. The third-order valence-corrected chi connectivity index (χ3v) is 4.56. The van der Waals surface area contributed by atoms with Crippen molar-refractivity contribution < 1.29 is 14.6 Å². The summed E-state index contributed by atoms with van der Waals surface area (Å²) >= 11 is 6.17. The highest BCUT2D eigenvalue weighted by molar-refractivity contribution is 6.32. The van der Waals surface area contributed by atoms with Crippen LogP contribution >= 0.6 is 11.6 Å². The van der Waals surface area contributed by atoms with Gasteiger partial charge in [0.05, 0.1) is 30.8 Å². The Balaban J connectivity index is 1.77. The van der Waals surface area contributed by atoms with E-state index in [9.17, 15) is 5.11 Å². The summed E-state index contributed by atoms with van der Waals surface area (Å²) in [6, 6.07) is 7.46. The molecule has 152 valence electrons. The Kier molecular flexibility index (Phi) is 9.73. The molecule has 2 rings (SSSR count). The van der Waals surface area contributed by atoms with Crippen molar-refractivity contribution in [1.29, 1.82) is 0 Å². The summed E-state index contributed by atoms with van der Waals surface area (Å²) in [5.41, 5.74) is 0. The highest BCUT2D eigenvalue weighted by atomic mass is 35.5. The molecule has 0 aliphatic heterocycles. The lowest BCUT2D eigenvalue weighted by atomic mass is 10.2. The summed E-state index contributed by atoms with van der Waals surface area (Å²) in [5, 5.41) is 17.1. The zero-order chi connectivity index (χ0) is 19.5. The van der Waals surface area contributed by atoms with E-state index in [-0.39, 0.29) is 6.10 Å². The van der Waals surface area contributed by atoms with Gasteiger partial charge in [-0.1, -0.05) is 30.7 Å². The van der Waals surface area contributed by atoms with Crippen LogP contribution in [0.4, 0.5) is 0 Å². The second kappa shape index (κ2) is 12.1. The summed E-state index contributed by atoms with van der Waals surface area (Å²) in [6.07, 6.45) is 2.69. The summed E-state index contributed by atoms with van der Waals surface area (Å²) < 4.78 is 11.5. The molecule has 1 saturated carbocycles. The highest BCUT2D eigenvalue weighted by Crippen LogP contribution is 2.28. The molecule has 1 aliphatic carbocycles. The molecule has 1 aliphatic rings. The van der Waals surface area contributed by atoms with E-state index in [1.54, 1.807) is 0 Å². The first-order chi connectivity index (χ1) is 13.1. The zero-order valence-corrected chi connectivity index (χ0v) is 17.0. The van der Waals surface area contributed by atoms with Crippen LogP contribution in [0.5, 0.6) is 5.75 Å². The molecule has 0 heterocycles. The van der Waals surface area contributed by atoms with Crippen LogP contribution in [0.15, 0.2) is 29.3 Å². The fraction of sp³-hybridized carbons (Fsp3) is 0.650. The van der Waals surface area contributed by atoms with Crippen molar-refractivity contribution in [1.82, 2.24) is 10.6 Å². The van der Waals surface area contributed by atoms with Gasteiger partial charge in [-0.2, -0.15) is 0 Å². The lowest BCUT2D eigenvalue weighted by molar-refractivity contribution is 0.0368. The van der Waals surface area contributed by atoms with Gasteiger partial charge >= 0.3 is 0 Å². The molecule has 7 heteroatoms. The van der Waals surface area contributed by atoms with Gasteiger partial charge in [0.15, 0.2) is 5.96 Å². The SMILES string of the molecule is CCNC(=NCC(O)COCC1CC1)NCC(CC)Oc1ccccc1Cl. The van der Waals surface area contributed by atoms with E-state index in [1.807, 2.05) is 31.2 Å². The second-order valence-corrected chi connectivity index (χ2v) is 7.22. The van der Waals surface area contributed by atoms with Crippen molar-refractivity contribution in [3.8, 4) is 5.75 Å². The molecule has 1 aromatic rings. The summed E-state index contributed by atoms with van der Waals surface area (Å²) in [6.45, 7) is 6.76. The van der Waals surface area contributed by atoms with Crippen LogP contribution in [0.2, 0.25) is 5.02 Å². The number of aliphatic hydroxyl groups is 1. The summed E-state index contributed by atoms with van der Waals surface area (Å²) in [4.78, 5) is 4.44. The van der Waals surface area contributed by atoms with Crippen LogP contribution in [0.1, 0.15) is 33.1 Å². The Bertz CT molecular complexity index is 581. The Labute approximate surface area is 167 Å². The van der Waals surface area contributed by atoms with Crippen LogP contribution in [0.25, 0.3) is 0 Å². The zero-order valence-electron chi connectivity index (χ0n) is 16.3. The third kappa shape index (κ3) is 8.82. The first-order valence-electron chi connectivity index (χ1n) is 9.81. The number of ether oxygens (including phenoxy) is 2. The number of para-hydroxylation sites is 1. The van der Waals surface area contributed by atoms with Gasteiger partial charge in [0, 0.05) is 13.2 Å². The Hall–Kier alpha value is -1.50. The number of hydrogen-bond donors (Lipinski definition) is 3. The number of rotatable bonds is 12. The maximum atomic E-state index is 10.0. The van der Waals surface area contributed by atoms with E-state index >= 15 is 0 Å². The fourth-order valence-electron chi connectivity index (χ4n) is 2.45. The molecular formula is C20H32ClN3O3. The molecule has 0 aromatic heterocycles.